The number of carbonyl (C=O) groups excluding carboxylic acids is 3. The molecule has 4 rings (SSSR count). The Kier molecular flexibility index (Phi) is 4.03. The number of para-hydroxylation sites is 1. The van der Waals surface area contributed by atoms with Gasteiger partial charge in [0.15, 0.2) is 0 Å². The Labute approximate surface area is 163 Å². The van der Waals surface area contributed by atoms with E-state index in [4.69, 9.17) is 9.47 Å². The highest BCUT2D eigenvalue weighted by molar-refractivity contribution is 6.53. The average Bonchev–Trinajstić information content (AvgIpc) is 2.91. The van der Waals surface area contributed by atoms with Gasteiger partial charge >= 0.3 is 5.97 Å². The zero-order chi connectivity index (χ0) is 20.2. The smallest absolute Gasteiger partial charge is 0.347 e. The number of Topliss-reactive ketones (excluding diaryl/α,β-unsaturated/α-hetero) is 1. The molecule has 0 aliphatic carbocycles. The van der Waals surface area contributed by atoms with Gasteiger partial charge in [0.1, 0.15) is 17.1 Å². The third kappa shape index (κ3) is 2.59. The summed E-state index contributed by atoms with van der Waals surface area (Å²) in [4.78, 5) is 39.4. The highest BCUT2D eigenvalue weighted by Crippen LogP contribution is 2.49. The zero-order valence-electron chi connectivity index (χ0n) is 16.2. The van der Waals surface area contributed by atoms with Crippen molar-refractivity contribution in [3.05, 3.63) is 53.1 Å². The summed E-state index contributed by atoms with van der Waals surface area (Å²) >= 11 is 0. The topological polar surface area (TPSA) is 72.9 Å². The quantitative estimate of drug-likeness (QED) is 0.462. The first-order chi connectivity index (χ1) is 13.2. The largest absolute Gasteiger partial charge is 0.496 e. The molecule has 0 aromatic heterocycles. The van der Waals surface area contributed by atoms with Crippen LogP contribution in [0.1, 0.15) is 59.4 Å². The van der Waals surface area contributed by atoms with Crippen molar-refractivity contribution < 1.29 is 23.9 Å². The Balaban J connectivity index is 1.77. The second-order valence-electron chi connectivity index (χ2n) is 7.89. The maximum atomic E-state index is 12.6. The highest BCUT2D eigenvalue weighted by Gasteiger charge is 2.49. The summed E-state index contributed by atoms with van der Waals surface area (Å²) in [6, 6.07) is 10.0. The Bertz CT molecular complexity index is 1020. The van der Waals surface area contributed by atoms with Gasteiger partial charge in [-0.2, -0.15) is 0 Å². The van der Waals surface area contributed by atoms with Crippen LogP contribution in [-0.4, -0.2) is 30.3 Å². The SMILES string of the molecule is COc1ccccc1C(=O)Oc1cc2c3c(c1)[C@H](C)CC(C)(C)N3C(=O)C2=O. The Hall–Kier alpha value is -3.15. The van der Waals surface area contributed by atoms with Gasteiger partial charge in [-0.1, -0.05) is 19.1 Å². The molecule has 0 N–H and O–H groups in total. The molecule has 2 aliphatic rings. The number of hydrogen-bond acceptors (Lipinski definition) is 5. The van der Waals surface area contributed by atoms with Gasteiger partial charge < -0.3 is 9.47 Å². The molecule has 2 heterocycles. The van der Waals surface area contributed by atoms with E-state index in [9.17, 15) is 14.4 Å². The van der Waals surface area contributed by atoms with Gasteiger partial charge in [-0.05, 0) is 56.0 Å². The highest BCUT2D eigenvalue weighted by atomic mass is 16.5. The van der Waals surface area contributed by atoms with Crippen molar-refractivity contribution in [2.75, 3.05) is 12.0 Å². The number of hydrogen-bond donors (Lipinski definition) is 0. The van der Waals surface area contributed by atoms with E-state index in [0.717, 1.165) is 5.56 Å². The number of ketones is 1. The van der Waals surface area contributed by atoms with Gasteiger partial charge in [-0.15, -0.1) is 0 Å². The van der Waals surface area contributed by atoms with Crippen molar-refractivity contribution in [1.29, 1.82) is 0 Å². The number of carbonyl (C=O) groups is 3. The van der Waals surface area contributed by atoms with E-state index in [1.807, 2.05) is 20.8 Å². The van der Waals surface area contributed by atoms with Crippen molar-refractivity contribution in [3.63, 3.8) is 0 Å². The van der Waals surface area contributed by atoms with E-state index in [0.29, 0.717) is 23.4 Å². The van der Waals surface area contributed by atoms with Crippen LogP contribution in [0, 0.1) is 0 Å². The van der Waals surface area contributed by atoms with E-state index in [1.165, 1.54) is 13.2 Å². The van der Waals surface area contributed by atoms with Gasteiger partial charge in [0, 0.05) is 5.54 Å². The van der Waals surface area contributed by atoms with Gasteiger partial charge in [0.2, 0.25) is 0 Å². The summed E-state index contributed by atoms with van der Waals surface area (Å²) in [5.74, 6) is -0.901. The van der Waals surface area contributed by atoms with E-state index < -0.39 is 23.2 Å². The first-order valence-electron chi connectivity index (χ1n) is 9.16. The molecule has 1 amide bonds. The van der Waals surface area contributed by atoms with Crippen LogP contribution in [-0.2, 0) is 4.79 Å². The Morgan fingerprint density at radius 1 is 1.18 bits per heavy atom. The molecule has 0 fully saturated rings. The second-order valence-corrected chi connectivity index (χ2v) is 7.89. The minimum Gasteiger partial charge on any atom is -0.496 e. The predicted octanol–water partition coefficient (Wildman–Crippen LogP) is 3.73. The summed E-state index contributed by atoms with van der Waals surface area (Å²) in [5.41, 5.74) is 1.64. The number of nitrogens with zero attached hydrogens (tertiary/aromatic N) is 1. The van der Waals surface area contributed by atoms with Crippen LogP contribution >= 0.6 is 0 Å². The average molecular weight is 379 g/mol. The molecular formula is C22H21NO5. The molecule has 2 aliphatic heterocycles. The maximum Gasteiger partial charge on any atom is 0.347 e. The molecule has 0 bridgehead atoms. The zero-order valence-corrected chi connectivity index (χ0v) is 16.2. The lowest BCUT2D eigenvalue weighted by molar-refractivity contribution is -0.115. The van der Waals surface area contributed by atoms with Gasteiger partial charge in [-0.25, -0.2) is 4.79 Å². The summed E-state index contributed by atoms with van der Waals surface area (Å²) in [5, 5.41) is 0. The van der Waals surface area contributed by atoms with Crippen LogP contribution in [0.2, 0.25) is 0 Å². The van der Waals surface area contributed by atoms with Crippen LogP contribution in [0.4, 0.5) is 5.69 Å². The normalized spacial score (nSPS) is 19.4. The molecule has 28 heavy (non-hydrogen) atoms. The number of benzene rings is 2. The number of methoxy groups -OCH3 is 1. The third-order valence-electron chi connectivity index (χ3n) is 5.46. The number of ether oxygens (including phenoxy) is 2. The minimum atomic E-state index is -0.581. The third-order valence-corrected chi connectivity index (χ3v) is 5.46. The lowest BCUT2D eigenvalue weighted by Gasteiger charge is -2.43. The van der Waals surface area contributed by atoms with Crippen molar-refractivity contribution in [2.24, 2.45) is 0 Å². The van der Waals surface area contributed by atoms with Crippen molar-refractivity contribution in [3.8, 4) is 11.5 Å². The van der Waals surface area contributed by atoms with Crippen LogP contribution in [0.3, 0.4) is 0 Å². The van der Waals surface area contributed by atoms with Gasteiger partial charge in [-0.3, -0.25) is 14.5 Å². The summed E-state index contributed by atoms with van der Waals surface area (Å²) in [6.45, 7) is 5.97. The number of esters is 1. The second kappa shape index (κ2) is 6.19. The van der Waals surface area contributed by atoms with E-state index in [1.54, 1.807) is 35.2 Å². The number of rotatable bonds is 3. The predicted molar refractivity (Wildman–Crippen MR) is 103 cm³/mol. The van der Waals surface area contributed by atoms with Gasteiger partial charge in [0.25, 0.3) is 11.7 Å². The first kappa shape index (κ1) is 18.2. The molecule has 144 valence electrons. The van der Waals surface area contributed by atoms with Gasteiger partial charge in [0.05, 0.1) is 18.4 Å². The molecule has 0 saturated carbocycles. The molecule has 0 unspecified atom stereocenters. The molecular weight excluding hydrogens is 358 g/mol. The lowest BCUT2D eigenvalue weighted by Crippen LogP contribution is -2.50. The van der Waals surface area contributed by atoms with Crippen molar-refractivity contribution >= 4 is 23.3 Å². The molecule has 0 spiro atoms. The molecule has 1 atom stereocenters. The van der Waals surface area contributed by atoms with Crippen molar-refractivity contribution in [2.45, 2.75) is 38.6 Å². The summed E-state index contributed by atoms with van der Waals surface area (Å²) < 4.78 is 10.8. The first-order valence-corrected chi connectivity index (χ1v) is 9.16. The summed E-state index contributed by atoms with van der Waals surface area (Å²) in [7, 11) is 1.48. The fraction of sp³-hybridized carbons (Fsp3) is 0.318. The Morgan fingerprint density at radius 3 is 2.61 bits per heavy atom. The van der Waals surface area contributed by atoms with Crippen LogP contribution in [0.25, 0.3) is 0 Å². The minimum absolute atomic E-state index is 0.114. The van der Waals surface area contributed by atoms with Crippen LogP contribution < -0.4 is 14.4 Å². The van der Waals surface area contributed by atoms with E-state index in [2.05, 4.69) is 0 Å². The molecule has 6 heteroatoms. The molecule has 0 radical (unpaired) electrons. The number of anilines is 1. The maximum absolute atomic E-state index is 12.6. The monoisotopic (exact) mass is 379 g/mol. The van der Waals surface area contributed by atoms with E-state index >= 15 is 0 Å². The lowest BCUT2D eigenvalue weighted by atomic mass is 9.80. The summed E-state index contributed by atoms with van der Waals surface area (Å²) in [6.07, 6.45) is 0.711. The molecule has 0 saturated heterocycles. The fourth-order valence-corrected chi connectivity index (χ4v) is 4.31. The molecule has 6 nitrogen and oxygen atoms in total. The fourth-order valence-electron chi connectivity index (χ4n) is 4.31. The van der Waals surface area contributed by atoms with Crippen molar-refractivity contribution in [1.82, 2.24) is 0 Å². The standard InChI is InChI=1S/C22H21NO5/c1-12-11-22(2,3)23-18-15(12)9-13(10-16(18)19(24)20(23)25)28-21(26)14-7-5-6-8-17(14)27-4/h5-10,12H,11H2,1-4H3/t12-/m1/s1. The number of amides is 1. The Morgan fingerprint density at radius 2 is 1.89 bits per heavy atom. The van der Waals surface area contributed by atoms with Crippen LogP contribution in [0.5, 0.6) is 11.5 Å². The molecule has 2 aromatic carbocycles. The van der Waals surface area contributed by atoms with E-state index in [-0.39, 0.29) is 17.2 Å². The van der Waals surface area contributed by atoms with Crippen LogP contribution in [0.15, 0.2) is 36.4 Å². The molecule has 2 aromatic rings.